The van der Waals surface area contributed by atoms with Crippen LogP contribution in [0.3, 0.4) is 0 Å². The lowest BCUT2D eigenvalue weighted by Gasteiger charge is -2.20. The van der Waals surface area contributed by atoms with E-state index in [1.165, 1.54) is 16.8 Å². The van der Waals surface area contributed by atoms with Gasteiger partial charge < -0.3 is 9.47 Å². The minimum Gasteiger partial charge on any atom is -0.493 e. The van der Waals surface area contributed by atoms with Crippen molar-refractivity contribution in [3.05, 3.63) is 77.4 Å². The molecule has 0 bridgehead atoms. The third-order valence-electron chi connectivity index (χ3n) is 5.42. The number of hydrazone groups is 1. The molecule has 0 fully saturated rings. The van der Waals surface area contributed by atoms with Gasteiger partial charge >= 0.3 is 0 Å². The Morgan fingerprint density at radius 1 is 1.03 bits per heavy atom. The van der Waals surface area contributed by atoms with Crippen LogP contribution in [0.15, 0.2) is 76.3 Å². The highest BCUT2D eigenvalue weighted by atomic mass is 32.2. The number of hydrogen-bond acceptors (Lipinski definition) is 6. The van der Waals surface area contributed by atoms with Crippen molar-refractivity contribution in [3.63, 3.8) is 0 Å². The number of amides is 1. The Labute approximate surface area is 194 Å². The van der Waals surface area contributed by atoms with Crippen molar-refractivity contribution in [1.82, 2.24) is 5.01 Å². The Bertz CT molecular complexity index is 1390. The van der Waals surface area contributed by atoms with E-state index in [2.05, 4.69) is 10.1 Å². The second kappa shape index (κ2) is 8.55. The first-order valence-electron chi connectivity index (χ1n) is 10.2. The molecule has 0 saturated heterocycles. The number of hydrogen-bond donors (Lipinski definition) is 1. The van der Waals surface area contributed by atoms with Gasteiger partial charge in [-0.05, 0) is 51.9 Å². The number of aliphatic imine (C=N–C) groups is 1. The van der Waals surface area contributed by atoms with Gasteiger partial charge in [0.1, 0.15) is 5.04 Å². The van der Waals surface area contributed by atoms with Crippen molar-refractivity contribution in [2.24, 2.45) is 10.1 Å². The zero-order valence-corrected chi connectivity index (χ0v) is 18.8. The minimum absolute atomic E-state index is 0.0211. The maximum absolute atomic E-state index is 12.8. The molecule has 164 valence electrons. The van der Waals surface area contributed by atoms with Crippen LogP contribution in [0.2, 0.25) is 0 Å². The monoisotopic (exact) mass is 456 g/mol. The standard InChI is InChI=1S/C25H20N4O3S/c1-31-20-11-10-15(12-21(20)32-2)13-22-28-29-23(26)19(24(30)27-25(29)33-22)14-17-8-5-7-16-6-3-4-9-18(16)17/h3-12,14,26H,13H2,1-2H3. The summed E-state index contributed by atoms with van der Waals surface area (Å²) in [6.07, 6.45) is 2.24. The van der Waals surface area contributed by atoms with Gasteiger partial charge in [-0.2, -0.15) is 15.1 Å². The van der Waals surface area contributed by atoms with Gasteiger partial charge in [-0.15, -0.1) is 0 Å². The Morgan fingerprint density at radius 3 is 2.64 bits per heavy atom. The van der Waals surface area contributed by atoms with E-state index in [-0.39, 0.29) is 11.4 Å². The van der Waals surface area contributed by atoms with Crippen molar-refractivity contribution in [1.29, 1.82) is 5.41 Å². The van der Waals surface area contributed by atoms with Crippen molar-refractivity contribution in [2.45, 2.75) is 6.42 Å². The van der Waals surface area contributed by atoms with E-state index in [1.54, 1.807) is 20.3 Å². The normalized spacial score (nSPS) is 16.7. The van der Waals surface area contributed by atoms with E-state index in [9.17, 15) is 4.79 Å². The molecular weight excluding hydrogens is 436 g/mol. The lowest BCUT2D eigenvalue weighted by atomic mass is 10.0. The van der Waals surface area contributed by atoms with Crippen molar-refractivity contribution < 1.29 is 14.3 Å². The lowest BCUT2D eigenvalue weighted by Crippen LogP contribution is -2.35. The molecule has 7 nitrogen and oxygen atoms in total. The summed E-state index contributed by atoms with van der Waals surface area (Å²) in [5.41, 5.74) is 2.05. The first-order valence-corrected chi connectivity index (χ1v) is 11.1. The molecule has 0 radical (unpaired) electrons. The molecule has 0 spiro atoms. The van der Waals surface area contributed by atoms with Gasteiger partial charge in [0.05, 0.1) is 19.8 Å². The molecule has 3 aromatic carbocycles. The predicted octanol–water partition coefficient (Wildman–Crippen LogP) is 4.72. The highest BCUT2D eigenvalue weighted by molar-refractivity contribution is 8.26. The lowest BCUT2D eigenvalue weighted by molar-refractivity contribution is -0.114. The number of fused-ring (bicyclic) bond motifs is 2. The summed E-state index contributed by atoms with van der Waals surface area (Å²) in [7, 11) is 3.19. The molecule has 3 aromatic rings. The van der Waals surface area contributed by atoms with Crippen molar-refractivity contribution in [3.8, 4) is 11.5 Å². The number of nitrogens with one attached hydrogen (secondary N) is 1. The molecule has 2 aliphatic rings. The molecule has 8 heteroatoms. The van der Waals surface area contributed by atoms with E-state index in [4.69, 9.17) is 14.9 Å². The second-order valence-electron chi connectivity index (χ2n) is 7.45. The van der Waals surface area contributed by atoms with Crippen LogP contribution in [0.5, 0.6) is 11.5 Å². The number of carbonyl (C=O) groups excluding carboxylic acids is 1. The first kappa shape index (κ1) is 21.0. The minimum atomic E-state index is -0.436. The van der Waals surface area contributed by atoms with Crippen molar-refractivity contribution in [2.75, 3.05) is 14.2 Å². The Balaban J connectivity index is 1.44. The molecule has 2 aliphatic heterocycles. The molecule has 5 rings (SSSR count). The highest BCUT2D eigenvalue weighted by Crippen LogP contribution is 2.32. The summed E-state index contributed by atoms with van der Waals surface area (Å²) in [4.78, 5) is 17.0. The van der Waals surface area contributed by atoms with Gasteiger partial charge in [-0.3, -0.25) is 10.2 Å². The fourth-order valence-electron chi connectivity index (χ4n) is 3.80. The number of rotatable bonds is 5. The van der Waals surface area contributed by atoms with Crippen LogP contribution >= 0.6 is 11.8 Å². The molecular formula is C25H20N4O3S. The number of methoxy groups -OCH3 is 2. The molecule has 2 heterocycles. The zero-order chi connectivity index (χ0) is 22.9. The van der Waals surface area contributed by atoms with Gasteiger partial charge in [-0.1, -0.05) is 48.5 Å². The van der Waals surface area contributed by atoms with Crippen LogP contribution in [-0.4, -0.2) is 41.2 Å². The van der Waals surface area contributed by atoms with E-state index < -0.39 is 5.91 Å². The molecule has 0 atom stereocenters. The van der Waals surface area contributed by atoms with Crippen LogP contribution in [0.25, 0.3) is 16.8 Å². The van der Waals surface area contributed by atoms with Crippen LogP contribution in [-0.2, 0) is 11.2 Å². The number of ether oxygens (including phenoxy) is 2. The largest absolute Gasteiger partial charge is 0.493 e. The molecule has 1 amide bonds. The van der Waals surface area contributed by atoms with Gasteiger partial charge in [-0.25, -0.2) is 0 Å². The van der Waals surface area contributed by atoms with Crippen molar-refractivity contribution >= 4 is 50.6 Å². The van der Waals surface area contributed by atoms with Gasteiger partial charge in [0, 0.05) is 6.42 Å². The van der Waals surface area contributed by atoms with Crippen LogP contribution in [0.4, 0.5) is 0 Å². The molecule has 0 unspecified atom stereocenters. The average molecular weight is 457 g/mol. The number of thioether (sulfide) groups is 1. The molecule has 1 N–H and O–H groups in total. The predicted molar refractivity (Wildman–Crippen MR) is 132 cm³/mol. The zero-order valence-electron chi connectivity index (χ0n) is 18.0. The summed E-state index contributed by atoms with van der Waals surface area (Å²) >= 11 is 1.30. The van der Waals surface area contributed by atoms with Crippen LogP contribution in [0, 0.1) is 5.41 Å². The van der Waals surface area contributed by atoms with Gasteiger partial charge in [0.15, 0.2) is 17.3 Å². The third-order valence-corrected chi connectivity index (χ3v) is 6.33. The van der Waals surface area contributed by atoms with E-state index >= 15 is 0 Å². The van der Waals surface area contributed by atoms with Crippen LogP contribution in [0.1, 0.15) is 11.1 Å². The smallest absolute Gasteiger partial charge is 0.283 e. The average Bonchev–Trinajstić information content (AvgIpc) is 3.24. The molecule has 33 heavy (non-hydrogen) atoms. The number of benzene rings is 3. The number of amidine groups is 2. The SMILES string of the molecule is COc1ccc(CC2=NN3C(=N)C(=Cc4cccc5ccccc45)C(=O)N=C3S2)cc1OC. The van der Waals surface area contributed by atoms with Gasteiger partial charge in [0.25, 0.3) is 5.91 Å². The van der Waals surface area contributed by atoms with E-state index in [0.29, 0.717) is 23.1 Å². The topological polar surface area (TPSA) is 87.3 Å². The van der Waals surface area contributed by atoms with E-state index in [0.717, 1.165) is 26.9 Å². The quantitative estimate of drug-likeness (QED) is 0.562. The summed E-state index contributed by atoms with van der Waals surface area (Å²) in [6.45, 7) is 0. The summed E-state index contributed by atoms with van der Waals surface area (Å²) < 4.78 is 10.7. The third kappa shape index (κ3) is 3.89. The molecule has 0 aliphatic carbocycles. The Kier molecular flexibility index (Phi) is 5.43. The highest BCUT2D eigenvalue weighted by Gasteiger charge is 2.35. The summed E-state index contributed by atoms with van der Waals surface area (Å²) in [5, 5.41) is 17.9. The molecule has 0 saturated carbocycles. The van der Waals surface area contributed by atoms with Crippen LogP contribution < -0.4 is 9.47 Å². The van der Waals surface area contributed by atoms with Gasteiger partial charge in [0.2, 0.25) is 5.17 Å². The van der Waals surface area contributed by atoms with E-state index in [1.807, 2.05) is 60.7 Å². The fourth-order valence-corrected chi connectivity index (χ4v) is 4.72. The first-order chi connectivity index (χ1) is 16.1. The number of nitrogens with zero attached hydrogens (tertiary/aromatic N) is 3. The maximum atomic E-state index is 12.8. The number of carbonyl (C=O) groups is 1. The summed E-state index contributed by atoms with van der Waals surface area (Å²) in [5.74, 6) is 0.874. The fraction of sp³-hybridized carbons (Fsp3) is 0.120. The molecule has 0 aromatic heterocycles. The Hall–Kier alpha value is -3.91. The maximum Gasteiger partial charge on any atom is 0.283 e. The second-order valence-corrected chi connectivity index (χ2v) is 8.49. The summed E-state index contributed by atoms with van der Waals surface area (Å²) in [6, 6.07) is 19.5. The Morgan fingerprint density at radius 2 is 1.82 bits per heavy atom.